The second-order valence-corrected chi connectivity index (χ2v) is 3.53. The fourth-order valence-electron chi connectivity index (χ4n) is 1.16. The van der Waals surface area contributed by atoms with E-state index < -0.39 is 35.1 Å². The van der Waals surface area contributed by atoms with Crippen molar-refractivity contribution in [3.63, 3.8) is 0 Å². The first-order chi connectivity index (χ1) is 7.81. The molecule has 0 aliphatic carbocycles. The summed E-state index contributed by atoms with van der Waals surface area (Å²) in [6.07, 6.45) is -7.83. The van der Waals surface area contributed by atoms with Crippen LogP contribution in [-0.4, -0.2) is 4.98 Å². The smallest absolute Gasteiger partial charge is 0.246 e. The molecule has 92 valence electrons. The van der Waals surface area contributed by atoms with Gasteiger partial charge >= 0.3 is 6.18 Å². The van der Waals surface area contributed by atoms with Crippen LogP contribution < -0.4 is 0 Å². The van der Waals surface area contributed by atoms with Gasteiger partial charge < -0.3 is 0 Å². The van der Waals surface area contributed by atoms with Gasteiger partial charge in [0.15, 0.2) is 5.69 Å². The van der Waals surface area contributed by atoms with Gasteiger partial charge in [0.25, 0.3) is 6.43 Å². The molecule has 1 aromatic heterocycles. The second-order valence-electron chi connectivity index (χ2n) is 2.96. The van der Waals surface area contributed by atoms with E-state index >= 15 is 0 Å². The molecule has 0 spiro atoms. The molecule has 1 heterocycles. The Morgan fingerprint density at radius 3 is 2.35 bits per heavy atom. The highest BCUT2D eigenvalue weighted by atomic mass is 79.9. The normalized spacial score (nSPS) is 11.6. The lowest BCUT2D eigenvalue weighted by molar-refractivity contribution is -0.141. The number of aromatic nitrogens is 1. The van der Waals surface area contributed by atoms with Crippen LogP contribution >= 0.6 is 15.9 Å². The predicted molar refractivity (Wildman–Crippen MR) is 51.5 cm³/mol. The number of alkyl halides is 6. The van der Waals surface area contributed by atoms with Gasteiger partial charge in [-0.25, -0.2) is 13.8 Å². The number of hydrogen-bond donors (Lipinski definition) is 0. The van der Waals surface area contributed by atoms with E-state index in [2.05, 4.69) is 20.9 Å². The molecule has 1 rings (SSSR count). The van der Waals surface area contributed by atoms with E-state index in [-0.39, 0.29) is 5.33 Å². The minimum absolute atomic E-state index is 0.249. The number of pyridine rings is 1. The number of hydrogen-bond acceptors (Lipinski definition) is 2. The summed E-state index contributed by atoms with van der Waals surface area (Å²) in [6.45, 7) is 0. The third-order valence-corrected chi connectivity index (χ3v) is 2.42. The minimum Gasteiger partial charge on any atom is -0.246 e. The topological polar surface area (TPSA) is 36.7 Å². The molecule has 17 heavy (non-hydrogen) atoms. The van der Waals surface area contributed by atoms with Crippen molar-refractivity contribution < 1.29 is 22.0 Å². The van der Waals surface area contributed by atoms with Crippen LogP contribution in [0.2, 0.25) is 0 Å². The summed E-state index contributed by atoms with van der Waals surface area (Å²) >= 11 is 2.78. The van der Waals surface area contributed by atoms with Crippen molar-refractivity contribution in [1.29, 1.82) is 5.26 Å². The van der Waals surface area contributed by atoms with E-state index in [0.717, 1.165) is 0 Å². The van der Waals surface area contributed by atoms with E-state index in [4.69, 9.17) is 5.26 Å². The summed E-state index contributed by atoms with van der Waals surface area (Å²) in [7, 11) is 0. The van der Waals surface area contributed by atoms with Gasteiger partial charge in [0.2, 0.25) is 0 Å². The van der Waals surface area contributed by atoms with Crippen molar-refractivity contribution in [3.05, 3.63) is 28.6 Å². The first-order valence-corrected chi connectivity index (χ1v) is 5.28. The van der Waals surface area contributed by atoms with Gasteiger partial charge in [-0.3, -0.25) is 0 Å². The maximum atomic E-state index is 12.5. The highest BCUT2D eigenvalue weighted by Crippen LogP contribution is 2.34. The maximum absolute atomic E-state index is 12.5. The molecule has 0 aromatic carbocycles. The van der Waals surface area contributed by atoms with Gasteiger partial charge in [0.1, 0.15) is 6.07 Å². The molecule has 0 bridgehead atoms. The molecule has 0 saturated heterocycles. The lowest BCUT2D eigenvalue weighted by atomic mass is 10.1. The van der Waals surface area contributed by atoms with E-state index in [0.29, 0.717) is 6.07 Å². The molecule has 0 aliphatic heterocycles. The lowest BCUT2D eigenvalue weighted by Gasteiger charge is -2.12. The molecule has 0 saturated carbocycles. The Morgan fingerprint density at radius 2 is 2.00 bits per heavy atom. The highest BCUT2D eigenvalue weighted by molar-refractivity contribution is 9.08. The average molecular weight is 315 g/mol. The van der Waals surface area contributed by atoms with Crippen LogP contribution in [-0.2, 0) is 11.5 Å². The van der Waals surface area contributed by atoms with E-state index in [9.17, 15) is 22.0 Å². The molecule has 2 nitrogen and oxygen atoms in total. The van der Waals surface area contributed by atoms with Gasteiger partial charge in [0, 0.05) is 10.9 Å². The summed E-state index contributed by atoms with van der Waals surface area (Å²) in [5, 5.41) is 8.26. The van der Waals surface area contributed by atoms with Crippen molar-refractivity contribution in [3.8, 4) is 6.07 Å². The fourth-order valence-corrected chi connectivity index (χ4v) is 1.61. The zero-order valence-corrected chi connectivity index (χ0v) is 9.61. The van der Waals surface area contributed by atoms with Crippen LogP contribution in [0.3, 0.4) is 0 Å². The van der Waals surface area contributed by atoms with Crippen LogP contribution in [0.4, 0.5) is 22.0 Å². The van der Waals surface area contributed by atoms with Crippen LogP contribution in [0.15, 0.2) is 6.07 Å². The summed E-state index contributed by atoms with van der Waals surface area (Å²) < 4.78 is 62.4. The molecule has 0 fully saturated rings. The molecule has 1 aromatic rings. The van der Waals surface area contributed by atoms with Crippen molar-refractivity contribution in [2.45, 2.75) is 17.9 Å². The third-order valence-electron chi connectivity index (χ3n) is 1.89. The predicted octanol–water partition coefficient (Wildman–Crippen LogP) is 3.80. The third kappa shape index (κ3) is 2.91. The molecule has 0 amide bonds. The first kappa shape index (κ1) is 13.8. The molecule has 0 radical (unpaired) electrons. The van der Waals surface area contributed by atoms with Crippen LogP contribution in [0.25, 0.3) is 0 Å². The summed E-state index contributed by atoms with van der Waals surface area (Å²) in [6, 6.07) is 1.74. The van der Waals surface area contributed by atoms with E-state index in [1.807, 2.05) is 0 Å². The van der Waals surface area contributed by atoms with Crippen LogP contribution in [0.5, 0.6) is 0 Å². The zero-order chi connectivity index (χ0) is 13.2. The molecule has 0 atom stereocenters. The minimum atomic E-state index is -4.84. The Balaban J connectivity index is 3.51. The zero-order valence-electron chi connectivity index (χ0n) is 8.02. The Bertz CT molecular complexity index is 464. The summed E-state index contributed by atoms with van der Waals surface area (Å²) in [5.74, 6) is 0. The van der Waals surface area contributed by atoms with Gasteiger partial charge in [-0.1, -0.05) is 15.9 Å². The number of rotatable bonds is 2. The van der Waals surface area contributed by atoms with Crippen molar-refractivity contribution >= 4 is 15.9 Å². The Kier molecular flexibility index (Phi) is 4.03. The van der Waals surface area contributed by atoms with Crippen LogP contribution in [0.1, 0.15) is 28.9 Å². The fraction of sp³-hybridized carbons (Fsp3) is 0.333. The maximum Gasteiger partial charge on any atom is 0.434 e. The van der Waals surface area contributed by atoms with Gasteiger partial charge in [-0.2, -0.15) is 18.4 Å². The Labute approximate surface area is 101 Å². The van der Waals surface area contributed by atoms with Crippen molar-refractivity contribution in [2.75, 3.05) is 0 Å². The van der Waals surface area contributed by atoms with Crippen LogP contribution in [0, 0.1) is 11.3 Å². The highest BCUT2D eigenvalue weighted by Gasteiger charge is 2.37. The van der Waals surface area contributed by atoms with Gasteiger partial charge in [-0.15, -0.1) is 0 Å². The summed E-state index contributed by atoms with van der Waals surface area (Å²) in [4.78, 5) is 3.08. The molecular formula is C9H4BrF5N2. The van der Waals surface area contributed by atoms with Gasteiger partial charge in [0.05, 0.1) is 11.3 Å². The monoisotopic (exact) mass is 314 g/mol. The SMILES string of the molecule is N#Cc1cc(C(F)F)c(CBr)nc1C(F)(F)F. The van der Waals surface area contributed by atoms with Gasteiger partial charge in [-0.05, 0) is 6.07 Å². The molecule has 0 N–H and O–H groups in total. The quantitative estimate of drug-likeness (QED) is 0.615. The average Bonchev–Trinajstić information content (AvgIpc) is 2.25. The molecule has 0 unspecified atom stereocenters. The largest absolute Gasteiger partial charge is 0.434 e. The second kappa shape index (κ2) is 4.96. The summed E-state index contributed by atoms with van der Waals surface area (Å²) in [5.41, 5.74) is -3.45. The molecular weight excluding hydrogens is 311 g/mol. The number of halogens is 6. The Hall–Kier alpha value is -1.23. The van der Waals surface area contributed by atoms with E-state index in [1.54, 1.807) is 0 Å². The molecule has 8 heteroatoms. The number of nitriles is 1. The Morgan fingerprint density at radius 1 is 1.41 bits per heavy atom. The first-order valence-electron chi connectivity index (χ1n) is 4.16. The van der Waals surface area contributed by atoms with Crippen molar-refractivity contribution in [2.24, 2.45) is 0 Å². The molecule has 0 aliphatic rings. The van der Waals surface area contributed by atoms with Crippen molar-refractivity contribution in [1.82, 2.24) is 4.98 Å². The van der Waals surface area contributed by atoms with E-state index in [1.165, 1.54) is 6.07 Å². The standard InChI is InChI=1S/C9H4BrF5N2/c10-2-6-5(8(11)12)1-4(3-16)7(17-6)9(13,14)15/h1,8H,2H2. The number of nitrogens with zero attached hydrogens (tertiary/aromatic N) is 2. The lowest BCUT2D eigenvalue weighted by Crippen LogP contribution is -2.14.